The predicted molar refractivity (Wildman–Crippen MR) is 122 cm³/mol. The highest BCUT2D eigenvalue weighted by atomic mass is 16.5. The molecule has 0 aliphatic carbocycles. The number of likely N-dealkylation sites (tertiary alicyclic amines) is 1. The monoisotopic (exact) mass is 412 g/mol. The number of hydrogen-bond acceptors (Lipinski definition) is 5. The molecule has 0 radical (unpaired) electrons. The number of rotatable bonds is 9. The van der Waals surface area contributed by atoms with Crippen LogP contribution < -0.4 is 15.5 Å². The van der Waals surface area contributed by atoms with Gasteiger partial charge < -0.3 is 15.2 Å². The van der Waals surface area contributed by atoms with Crippen molar-refractivity contribution >= 4 is 24.9 Å². The fourth-order valence-corrected chi connectivity index (χ4v) is 3.84. The molecule has 2 aromatic rings. The molecule has 0 bridgehead atoms. The summed E-state index contributed by atoms with van der Waals surface area (Å²) in [6.45, 7) is 5.28. The number of aromatic nitrogens is 2. The number of aliphatic hydroxyl groups excluding tert-OH is 1. The van der Waals surface area contributed by atoms with E-state index in [0.717, 1.165) is 73.5 Å². The van der Waals surface area contributed by atoms with Crippen molar-refractivity contribution in [3.63, 3.8) is 0 Å². The Morgan fingerprint density at radius 3 is 2.80 bits per heavy atom. The molecule has 8 heteroatoms. The van der Waals surface area contributed by atoms with E-state index in [4.69, 9.17) is 4.74 Å². The van der Waals surface area contributed by atoms with Crippen LogP contribution in [-0.2, 0) is 11.8 Å². The van der Waals surface area contributed by atoms with Gasteiger partial charge in [0.15, 0.2) is 0 Å². The van der Waals surface area contributed by atoms with E-state index >= 15 is 0 Å². The molecular formula is C22H33BN4O3. The molecule has 1 aliphatic heterocycles. The summed E-state index contributed by atoms with van der Waals surface area (Å²) in [4.78, 5) is 14.5. The Morgan fingerprint density at radius 2 is 2.13 bits per heavy atom. The zero-order chi connectivity index (χ0) is 21.5. The number of unbranched alkanes of at least 4 members (excludes halogenated alkanes) is 1. The second-order valence-corrected chi connectivity index (χ2v) is 8.08. The van der Waals surface area contributed by atoms with E-state index in [1.54, 1.807) is 0 Å². The quantitative estimate of drug-likeness (QED) is 0.608. The van der Waals surface area contributed by atoms with Crippen LogP contribution in [0.25, 0.3) is 11.3 Å². The number of nitrogens with zero attached hydrogens (tertiary/aromatic N) is 3. The van der Waals surface area contributed by atoms with Crippen LogP contribution in [-0.4, -0.2) is 65.9 Å². The van der Waals surface area contributed by atoms with Gasteiger partial charge in [-0.2, -0.15) is 5.10 Å². The summed E-state index contributed by atoms with van der Waals surface area (Å²) >= 11 is 0. The molecule has 1 aromatic heterocycles. The van der Waals surface area contributed by atoms with Crippen LogP contribution in [0.15, 0.2) is 24.4 Å². The van der Waals surface area contributed by atoms with Gasteiger partial charge in [0, 0.05) is 50.6 Å². The van der Waals surface area contributed by atoms with Crippen LogP contribution in [0, 0.1) is 0 Å². The lowest BCUT2D eigenvalue weighted by atomic mass is 9.93. The highest BCUT2D eigenvalue weighted by molar-refractivity contribution is 6.35. The molecule has 1 aliphatic rings. The largest absolute Gasteiger partial charge is 0.492 e. The number of aryl methyl sites for hydroxylation is 1. The van der Waals surface area contributed by atoms with Crippen LogP contribution in [0.4, 0.5) is 5.69 Å². The SMILES string of the molecule is Bc1cnn(C)c1-c1cc(NC(=O)CCCC)ccc1OCCN1CCC(O)CC1. The van der Waals surface area contributed by atoms with Gasteiger partial charge in [0.2, 0.25) is 5.91 Å². The van der Waals surface area contributed by atoms with Gasteiger partial charge in [0.05, 0.1) is 11.8 Å². The van der Waals surface area contributed by atoms with Crippen LogP contribution in [0.2, 0.25) is 0 Å². The molecule has 2 heterocycles. The molecule has 1 saturated heterocycles. The maximum absolute atomic E-state index is 12.2. The Balaban J connectivity index is 1.73. The van der Waals surface area contributed by atoms with Crippen LogP contribution in [0.1, 0.15) is 39.0 Å². The molecular weight excluding hydrogens is 379 g/mol. The highest BCUT2D eigenvalue weighted by Gasteiger charge is 2.18. The molecule has 1 amide bonds. The van der Waals surface area contributed by atoms with E-state index in [-0.39, 0.29) is 12.0 Å². The number of aliphatic hydroxyl groups is 1. The van der Waals surface area contributed by atoms with E-state index in [1.165, 1.54) is 0 Å². The standard InChI is InChI=1S/C22H33BN4O3/c1-3-4-5-21(29)25-16-6-7-20(18(14-16)22-19(23)15-24-26(22)2)30-13-12-27-10-8-17(28)9-11-27/h6-7,14-15,17,28H,3-5,8-13,23H2,1-2H3,(H,25,29). The molecule has 162 valence electrons. The Hall–Kier alpha value is -2.32. The van der Waals surface area contributed by atoms with Crippen LogP contribution in [0.3, 0.4) is 0 Å². The Morgan fingerprint density at radius 1 is 1.37 bits per heavy atom. The normalized spacial score (nSPS) is 15.3. The van der Waals surface area contributed by atoms with E-state index < -0.39 is 0 Å². The van der Waals surface area contributed by atoms with Gasteiger partial charge in [-0.15, -0.1) is 0 Å². The average Bonchev–Trinajstić information content (AvgIpc) is 3.07. The Bertz CT molecular complexity index is 827. The van der Waals surface area contributed by atoms with Crippen molar-refractivity contribution in [2.45, 2.75) is 45.1 Å². The number of carbonyl (C=O) groups is 1. The first-order chi connectivity index (χ1) is 14.5. The predicted octanol–water partition coefficient (Wildman–Crippen LogP) is 1.31. The fraction of sp³-hybridized carbons (Fsp3) is 0.545. The number of hydrogen-bond donors (Lipinski definition) is 2. The number of piperidine rings is 1. The van der Waals surface area contributed by atoms with Gasteiger partial charge in [-0.25, -0.2) is 0 Å². The van der Waals surface area contributed by atoms with E-state index in [1.807, 2.05) is 44.0 Å². The van der Waals surface area contributed by atoms with E-state index in [9.17, 15) is 9.90 Å². The van der Waals surface area contributed by atoms with Gasteiger partial charge in [-0.05, 0) is 42.9 Å². The van der Waals surface area contributed by atoms with Gasteiger partial charge in [-0.1, -0.05) is 13.3 Å². The Kier molecular flexibility index (Phi) is 7.93. The third-order valence-electron chi connectivity index (χ3n) is 5.62. The lowest BCUT2D eigenvalue weighted by Crippen LogP contribution is -2.38. The van der Waals surface area contributed by atoms with Gasteiger partial charge >= 0.3 is 0 Å². The van der Waals surface area contributed by atoms with Crippen molar-refractivity contribution in [1.82, 2.24) is 14.7 Å². The molecule has 7 nitrogen and oxygen atoms in total. The first-order valence-corrected chi connectivity index (χ1v) is 10.9. The number of amides is 1. The molecule has 2 N–H and O–H groups in total. The van der Waals surface area contributed by atoms with Gasteiger partial charge in [-0.3, -0.25) is 14.4 Å². The zero-order valence-electron chi connectivity index (χ0n) is 18.4. The third kappa shape index (κ3) is 5.86. The summed E-state index contributed by atoms with van der Waals surface area (Å²) in [5.74, 6) is 0.816. The molecule has 3 rings (SSSR count). The maximum atomic E-state index is 12.2. The number of benzene rings is 1. The second-order valence-electron chi connectivity index (χ2n) is 8.08. The molecule has 0 saturated carbocycles. The minimum atomic E-state index is -0.165. The maximum Gasteiger partial charge on any atom is 0.224 e. The van der Waals surface area contributed by atoms with E-state index in [0.29, 0.717) is 13.0 Å². The summed E-state index contributed by atoms with van der Waals surface area (Å²) < 4.78 is 8.01. The lowest BCUT2D eigenvalue weighted by molar-refractivity contribution is -0.116. The van der Waals surface area contributed by atoms with E-state index in [2.05, 4.69) is 22.2 Å². The molecule has 1 aromatic carbocycles. The van der Waals surface area contributed by atoms with Crippen molar-refractivity contribution in [2.24, 2.45) is 7.05 Å². The number of ether oxygens (including phenoxy) is 1. The zero-order valence-corrected chi connectivity index (χ0v) is 18.4. The highest BCUT2D eigenvalue weighted by Crippen LogP contribution is 2.31. The number of nitrogens with one attached hydrogen (secondary N) is 1. The summed E-state index contributed by atoms with van der Waals surface area (Å²) in [6, 6.07) is 5.79. The summed E-state index contributed by atoms with van der Waals surface area (Å²) in [5.41, 5.74) is 3.73. The number of carbonyl (C=O) groups excluding carboxylic acids is 1. The average molecular weight is 412 g/mol. The minimum Gasteiger partial charge on any atom is -0.492 e. The smallest absolute Gasteiger partial charge is 0.224 e. The molecule has 1 fully saturated rings. The minimum absolute atomic E-state index is 0.0329. The first-order valence-electron chi connectivity index (χ1n) is 10.9. The second kappa shape index (κ2) is 10.6. The van der Waals surface area contributed by atoms with Gasteiger partial charge in [0.1, 0.15) is 20.2 Å². The molecule has 0 atom stereocenters. The topological polar surface area (TPSA) is 79.6 Å². The summed E-state index contributed by atoms with van der Waals surface area (Å²) in [7, 11) is 3.94. The third-order valence-corrected chi connectivity index (χ3v) is 5.62. The van der Waals surface area contributed by atoms with Crippen molar-refractivity contribution in [1.29, 1.82) is 0 Å². The fourth-order valence-electron chi connectivity index (χ4n) is 3.84. The summed E-state index contributed by atoms with van der Waals surface area (Å²) in [5, 5.41) is 17.0. The van der Waals surface area contributed by atoms with Crippen molar-refractivity contribution < 1.29 is 14.6 Å². The number of anilines is 1. The van der Waals surface area contributed by atoms with Crippen LogP contribution >= 0.6 is 0 Å². The summed E-state index contributed by atoms with van der Waals surface area (Å²) in [6.07, 6.45) is 5.73. The van der Waals surface area contributed by atoms with Gasteiger partial charge in [0.25, 0.3) is 0 Å². The van der Waals surface area contributed by atoms with Crippen molar-refractivity contribution in [3.05, 3.63) is 24.4 Å². The van der Waals surface area contributed by atoms with Crippen molar-refractivity contribution in [2.75, 3.05) is 31.6 Å². The molecule has 0 spiro atoms. The van der Waals surface area contributed by atoms with Crippen molar-refractivity contribution in [3.8, 4) is 17.0 Å². The van der Waals surface area contributed by atoms with Crippen LogP contribution in [0.5, 0.6) is 5.75 Å². The lowest BCUT2D eigenvalue weighted by Gasteiger charge is -2.29. The molecule has 0 unspecified atom stereocenters. The first kappa shape index (κ1) is 22.4. The Labute approximate surface area is 179 Å². The molecule has 30 heavy (non-hydrogen) atoms.